The van der Waals surface area contributed by atoms with E-state index in [1.54, 1.807) is 16.5 Å². The van der Waals surface area contributed by atoms with Crippen LogP contribution < -0.4 is 0 Å². The number of aryl methyl sites for hydroxylation is 1. The summed E-state index contributed by atoms with van der Waals surface area (Å²) in [5.74, 6) is -0.204. The van der Waals surface area contributed by atoms with Gasteiger partial charge in [-0.3, -0.25) is 14.3 Å². The highest BCUT2D eigenvalue weighted by molar-refractivity contribution is 6.03. The van der Waals surface area contributed by atoms with Gasteiger partial charge in [0.05, 0.1) is 23.4 Å². The molecule has 4 rings (SSSR count). The Morgan fingerprint density at radius 1 is 1.26 bits per heavy atom. The fourth-order valence-electron chi connectivity index (χ4n) is 3.98. The molecule has 1 fully saturated rings. The first kappa shape index (κ1) is 17.5. The van der Waals surface area contributed by atoms with Crippen LogP contribution >= 0.6 is 0 Å². The molecule has 1 saturated heterocycles. The zero-order chi connectivity index (χ0) is 19.1. The molecule has 0 aromatic carbocycles. The summed E-state index contributed by atoms with van der Waals surface area (Å²) < 4.78 is 7.44. The Bertz CT molecular complexity index is 918. The van der Waals surface area contributed by atoms with Crippen molar-refractivity contribution in [3.8, 4) is 0 Å². The van der Waals surface area contributed by atoms with E-state index < -0.39 is 5.97 Å². The van der Waals surface area contributed by atoms with Gasteiger partial charge < -0.3 is 14.4 Å². The van der Waals surface area contributed by atoms with E-state index in [4.69, 9.17) is 9.52 Å². The molecule has 1 aliphatic carbocycles. The third-order valence-electron chi connectivity index (χ3n) is 5.47. The van der Waals surface area contributed by atoms with Crippen LogP contribution in [0.2, 0.25) is 0 Å². The summed E-state index contributed by atoms with van der Waals surface area (Å²) in [7, 11) is 0. The number of carboxylic acid groups (broad SMARTS) is 1. The normalized spacial score (nSPS) is 17.8. The first-order valence-electron chi connectivity index (χ1n) is 9.18. The van der Waals surface area contributed by atoms with Gasteiger partial charge in [0.25, 0.3) is 5.91 Å². The highest BCUT2D eigenvalue weighted by atomic mass is 16.4. The zero-order valence-corrected chi connectivity index (χ0v) is 15.1. The van der Waals surface area contributed by atoms with E-state index in [0.29, 0.717) is 55.7 Å². The van der Waals surface area contributed by atoms with Crippen LogP contribution in [0, 0.1) is 6.92 Å². The van der Waals surface area contributed by atoms with Gasteiger partial charge in [-0.05, 0) is 26.2 Å². The fourth-order valence-corrected chi connectivity index (χ4v) is 3.98. The lowest BCUT2D eigenvalue weighted by Gasteiger charge is -2.31. The molecule has 0 spiro atoms. The molecule has 0 unspecified atom stereocenters. The minimum atomic E-state index is -0.999. The quantitative estimate of drug-likeness (QED) is 0.888. The minimum absolute atomic E-state index is 0.0585. The maximum Gasteiger partial charge on any atom is 0.338 e. The van der Waals surface area contributed by atoms with Crippen LogP contribution in [-0.4, -0.2) is 50.5 Å². The van der Waals surface area contributed by atoms with Crippen molar-refractivity contribution >= 4 is 17.7 Å². The van der Waals surface area contributed by atoms with Crippen LogP contribution in [0.25, 0.3) is 0 Å². The number of furan rings is 1. The summed E-state index contributed by atoms with van der Waals surface area (Å²) >= 11 is 0. The van der Waals surface area contributed by atoms with Gasteiger partial charge in [0.2, 0.25) is 0 Å². The molecule has 27 heavy (non-hydrogen) atoms. The van der Waals surface area contributed by atoms with E-state index in [0.717, 1.165) is 6.42 Å². The Morgan fingerprint density at radius 3 is 2.63 bits per heavy atom. The van der Waals surface area contributed by atoms with Crippen molar-refractivity contribution in [2.75, 3.05) is 13.1 Å². The third kappa shape index (κ3) is 3.05. The lowest BCUT2D eigenvalue weighted by Crippen LogP contribution is -2.39. The van der Waals surface area contributed by atoms with Crippen molar-refractivity contribution in [2.24, 2.45) is 0 Å². The summed E-state index contributed by atoms with van der Waals surface area (Å²) in [6, 6.07) is 0.0645. The monoisotopic (exact) mass is 371 g/mol. The first-order valence-corrected chi connectivity index (χ1v) is 9.18. The largest absolute Gasteiger partial charge is 0.478 e. The smallest absolute Gasteiger partial charge is 0.338 e. The van der Waals surface area contributed by atoms with Gasteiger partial charge in [0, 0.05) is 37.7 Å². The maximum absolute atomic E-state index is 12.9. The van der Waals surface area contributed by atoms with Gasteiger partial charge >= 0.3 is 5.97 Å². The standard InChI is InChI=1S/C19H21N3O5/c1-11-16-14(23)3-2-4-15(16)27-17(11)18(24)21-7-5-13(6-8-21)22-10-12(9-20-22)19(25)26/h9-10,13H,2-8H2,1H3,(H,25,26). The molecule has 0 radical (unpaired) electrons. The number of aromatic nitrogens is 2. The van der Waals surface area contributed by atoms with Crippen molar-refractivity contribution in [2.45, 2.75) is 45.1 Å². The summed E-state index contributed by atoms with van der Waals surface area (Å²) in [5.41, 5.74) is 1.41. The van der Waals surface area contributed by atoms with Crippen LogP contribution in [0.15, 0.2) is 16.8 Å². The molecular weight excluding hydrogens is 350 g/mol. The molecule has 142 valence electrons. The number of carbonyl (C=O) groups is 3. The van der Waals surface area contributed by atoms with Gasteiger partial charge in [0.1, 0.15) is 5.76 Å². The molecule has 1 aliphatic heterocycles. The Balaban J connectivity index is 1.46. The molecule has 0 saturated carbocycles. The number of hydrogen-bond acceptors (Lipinski definition) is 5. The molecule has 8 nitrogen and oxygen atoms in total. The van der Waals surface area contributed by atoms with E-state index in [2.05, 4.69) is 5.10 Å². The Morgan fingerprint density at radius 2 is 2.00 bits per heavy atom. The average Bonchev–Trinajstić information content (AvgIpc) is 3.27. The number of Topliss-reactive ketones (excluding diaryl/α,β-unsaturated/α-hetero) is 1. The number of rotatable bonds is 3. The van der Waals surface area contributed by atoms with E-state index >= 15 is 0 Å². The molecule has 0 bridgehead atoms. The Labute approximate surface area is 155 Å². The van der Waals surface area contributed by atoms with E-state index in [9.17, 15) is 14.4 Å². The van der Waals surface area contributed by atoms with Gasteiger partial charge in [0.15, 0.2) is 11.5 Å². The second-order valence-corrected chi connectivity index (χ2v) is 7.17. The number of aromatic carboxylic acids is 1. The van der Waals surface area contributed by atoms with E-state index in [-0.39, 0.29) is 29.1 Å². The van der Waals surface area contributed by atoms with Gasteiger partial charge in [-0.2, -0.15) is 5.10 Å². The number of amides is 1. The van der Waals surface area contributed by atoms with Crippen molar-refractivity contribution in [1.82, 2.24) is 14.7 Å². The number of fused-ring (bicyclic) bond motifs is 1. The molecule has 2 aliphatic rings. The molecule has 3 heterocycles. The number of likely N-dealkylation sites (tertiary alicyclic amines) is 1. The zero-order valence-electron chi connectivity index (χ0n) is 15.1. The number of hydrogen-bond donors (Lipinski definition) is 1. The van der Waals surface area contributed by atoms with Crippen LogP contribution in [0.5, 0.6) is 0 Å². The molecule has 2 aromatic rings. The number of carboxylic acids is 1. The van der Waals surface area contributed by atoms with E-state index in [1.807, 2.05) is 0 Å². The van der Waals surface area contributed by atoms with Gasteiger partial charge in [-0.15, -0.1) is 0 Å². The van der Waals surface area contributed by atoms with Crippen molar-refractivity contribution < 1.29 is 23.9 Å². The van der Waals surface area contributed by atoms with Crippen LogP contribution in [-0.2, 0) is 6.42 Å². The average molecular weight is 371 g/mol. The van der Waals surface area contributed by atoms with Gasteiger partial charge in [-0.1, -0.05) is 0 Å². The Hall–Kier alpha value is -2.90. The van der Waals surface area contributed by atoms with Crippen LogP contribution in [0.4, 0.5) is 0 Å². The minimum Gasteiger partial charge on any atom is -0.478 e. The SMILES string of the molecule is Cc1c(C(=O)N2CCC(n3cc(C(=O)O)cn3)CC2)oc2c1C(=O)CCC2. The van der Waals surface area contributed by atoms with Crippen LogP contribution in [0.1, 0.15) is 74.3 Å². The third-order valence-corrected chi connectivity index (χ3v) is 5.47. The lowest BCUT2D eigenvalue weighted by molar-refractivity contribution is 0.0654. The highest BCUT2D eigenvalue weighted by Gasteiger charge is 2.32. The predicted molar refractivity (Wildman–Crippen MR) is 94.1 cm³/mol. The second kappa shape index (κ2) is 6.68. The Kier molecular flexibility index (Phi) is 4.33. The first-order chi connectivity index (χ1) is 13.0. The maximum atomic E-state index is 12.9. The topological polar surface area (TPSA) is 106 Å². The molecule has 8 heteroatoms. The highest BCUT2D eigenvalue weighted by Crippen LogP contribution is 2.31. The van der Waals surface area contributed by atoms with Crippen molar-refractivity contribution in [1.29, 1.82) is 0 Å². The number of carbonyl (C=O) groups excluding carboxylic acids is 2. The predicted octanol–water partition coefficient (Wildman–Crippen LogP) is 2.48. The lowest BCUT2D eigenvalue weighted by atomic mass is 9.94. The van der Waals surface area contributed by atoms with Crippen molar-refractivity contribution in [3.05, 3.63) is 40.6 Å². The molecular formula is C19H21N3O5. The summed E-state index contributed by atoms with van der Waals surface area (Å²) in [4.78, 5) is 37.8. The number of nitrogens with zero attached hydrogens (tertiary/aromatic N) is 3. The molecule has 0 atom stereocenters. The summed E-state index contributed by atoms with van der Waals surface area (Å²) in [6.45, 7) is 2.84. The molecule has 2 aromatic heterocycles. The van der Waals surface area contributed by atoms with E-state index in [1.165, 1.54) is 12.4 Å². The summed E-state index contributed by atoms with van der Waals surface area (Å²) in [6.07, 6.45) is 6.21. The van der Waals surface area contributed by atoms with Crippen LogP contribution in [0.3, 0.4) is 0 Å². The number of piperidine rings is 1. The molecule has 1 N–H and O–H groups in total. The number of ketones is 1. The molecule has 1 amide bonds. The van der Waals surface area contributed by atoms with Gasteiger partial charge in [-0.25, -0.2) is 4.79 Å². The second-order valence-electron chi connectivity index (χ2n) is 7.17. The fraction of sp³-hybridized carbons (Fsp3) is 0.474. The summed E-state index contributed by atoms with van der Waals surface area (Å²) in [5, 5.41) is 13.1. The van der Waals surface area contributed by atoms with Crippen molar-refractivity contribution in [3.63, 3.8) is 0 Å².